The van der Waals surface area contributed by atoms with Crippen LogP contribution in [0.2, 0.25) is 0 Å². The third kappa shape index (κ3) is 20.7. The van der Waals surface area contributed by atoms with Crippen molar-refractivity contribution in [2.75, 3.05) is 27.7 Å². The monoisotopic (exact) mass is 725 g/mol. The summed E-state index contributed by atoms with van der Waals surface area (Å²) in [5.74, 6) is 0.257. The van der Waals surface area contributed by atoms with Gasteiger partial charge in [0.1, 0.15) is 17.5 Å². The van der Waals surface area contributed by atoms with Crippen molar-refractivity contribution in [3.05, 3.63) is 47.5 Å². The summed E-state index contributed by atoms with van der Waals surface area (Å²) in [5, 5.41) is 2.78. The zero-order valence-electron chi connectivity index (χ0n) is 33.1. The van der Waals surface area contributed by atoms with E-state index in [1.54, 1.807) is 24.8 Å². The third-order valence-electron chi connectivity index (χ3n) is 9.16. The summed E-state index contributed by atoms with van der Waals surface area (Å²) >= 11 is 1.62. The Morgan fingerprint density at radius 3 is 1.59 bits per heavy atom. The zero-order valence-corrected chi connectivity index (χ0v) is 33.9. The first kappa shape index (κ1) is 44.3. The molecular weight excluding hydrogens is 657 g/mol. The molecule has 2 aromatic rings. The van der Waals surface area contributed by atoms with Crippen molar-refractivity contribution < 1.29 is 28.3 Å². The zero-order chi connectivity index (χ0) is 37.5. The first-order valence-electron chi connectivity index (χ1n) is 19.8. The van der Waals surface area contributed by atoms with E-state index in [4.69, 9.17) is 9.47 Å². The van der Waals surface area contributed by atoms with Crippen LogP contribution in [-0.2, 0) is 14.4 Å². The molecular formula is C43H69N2O5S+. The third-order valence-corrected chi connectivity index (χ3v) is 10.5. The number of carbonyl (C=O) groups excluding carboxylic acids is 3. The summed E-state index contributed by atoms with van der Waals surface area (Å²) in [5.41, 5.74) is 2.00. The molecule has 0 fully saturated rings. The molecule has 0 aliphatic carbocycles. The fourth-order valence-corrected chi connectivity index (χ4v) is 6.94. The summed E-state index contributed by atoms with van der Waals surface area (Å²) < 4.78 is 12.3. The Balaban J connectivity index is 1.68. The van der Waals surface area contributed by atoms with Crippen LogP contribution in [0, 0.1) is 13.8 Å². The molecule has 0 aliphatic heterocycles. The number of unbranched alkanes of at least 4 members (excludes halogenated alkanes) is 15. The minimum atomic E-state index is -0.719. The lowest BCUT2D eigenvalue weighted by atomic mass is 10.1. The lowest BCUT2D eigenvalue weighted by Gasteiger charge is -2.23. The molecule has 0 bridgehead atoms. The maximum atomic E-state index is 12.7. The van der Waals surface area contributed by atoms with Crippen molar-refractivity contribution in [1.29, 1.82) is 0 Å². The summed E-state index contributed by atoms with van der Waals surface area (Å²) in [4.78, 5) is 39.6. The molecule has 0 aromatic heterocycles. The molecule has 286 valence electrons. The smallest absolute Gasteiger partial charge is 0.333 e. The Hall–Kier alpha value is -2.84. The second-order valence-corrected chi connectivity index (χ2v) is 16.4. The Labute approximate surface area is 314 Å². The number of hydrogen-bond donors (Lipinski definition) is 1. The fourth-order valence-electron chi connectivity index (χ4n) is 5.99. The maximum Gasteiger partial charge on any atom is 0.333 e. The number of nitrogens with zero attached hydrogens (tertiary/aromatic N) is 1. The van der Waals surface area contributed by atoms with Crippen molar-refractivity contribution in [2.45, 2.75) is 166 Å². The van der Waals surface area contributed by atoms with E-state index in [0.717, 1.165) is 57.5 Å². The Bertz CT molecular complexity index is 1320. The molecule has 0 aliphatic rings. The van der Waals surface area contributed by atoms with Gasteiger partial charge in [0.25, 0.3) is 0 Å². The second-order valence-electron chi connectivity index (χ2n) is 15.3. The van der Waals surface area contributed by atoms with Gasteiger partial charge in [0, 0.05) is 22.6 Å². The number of nitrogens with one attached hydrogen (secondary N) is 1. The SMILES string of the molecule is CCCCCCCCCCCC(=O)N[C@@H](C)C(=O)Oc1ccc(Sc2ccc(OC(=O)CCCCCCCCCC[N+](C)(C)C)cc2C)c(C)c1. The molecule has 1 atom stereocenters. The van der Waals surface area contributed by atoms with E-state index in [0.29, 0.717) is 24.3 Å². The highest BCUT2D eigenvalue weighted by atomic mass is 32.2. The van der Waals surface area contributed by atoms with E-state index in [9.17, 15) is 14.4 Å². The predicted octanol–water partition coefficient (Wildman–Crippen LogP) is 10.9. The van der Waals surface area contributed by atoms with Gasteiger partial charge in [-0.3, -0.25) is 9.59 Å². The summed E-state index contributed by atoms with van der Waals surface area (Å²) in [6.07, 6.45) is 21.2. The standard InChI is InChI=1S/C43H68N2O5S/c1-8-9-10-11-12-13-16-19-22-25-41(46)44-36(4)43(48)50-38-28-30-40(35(3)33-38)51-39-29-27-37(32-34(39)2)49-42(47)26-23-20-17-14-15-18-21-24-31-45(5,6)7/h27-30,32-33,36H,8-26,31H2,1-7H3/p+1/t36-/m0/s1. The number of aryl methyl sites for hydroxylation is 2. The van der Waals surface area contributed by atoms with Gasteiger partial charge in [-0.15, -0.1) is 0 Å². The Morgan fingerprint density at radius 2 is 1.10 bits per heavy atom. The van der Waals surface area contributed by atoms with Crippen LogP contribution >= 0.6 is 11.8 Å². The lowest BCUT2D eigenvalue weighted by molar-refractivity contribution is -0.870. The minimum absolute atomic E-state index is 0.111. The summed E-state index contributed by atoms with van der Waals surface area (Å²) in [6, 6.07) is 10.6. The van der Waals surface area contributed by atoms with Gasteiger partial charge in [0.15, 0.2) is 0 Å². The molecule has 7 nitrogen and oxygen atoms in total. The van der Waals surface area contributed by atoms with E-state index in [1.165, 1.54) is 83.6 Å². The summed E-state index contributed by atoms with van der Waals surface area (Å²) in [6.45, 7) is 9.12. The second kappa shape index (κ2) is 25.2. The van der Waals surface area contributed by atoms with Gasteiger partial charge in [-0.25, -0.2) is 4.79 Å². The van der Waals surface area contributed by atoms with Gasteiger partial charge in [-0.1, -0.05) is 102 Å². The van der Waals surface area contributed by atoms with Crippen molar-refractivity contribution in [3.63, 3.8) is 0 Å². The average molecular weight is 726 g/mol. The Kier molecular flexibility index (Phi) is 21.9. The highest BCUT2D eigenvalue weighted by Crippen LogP contribution is 2.35. The van der Waals surface area contributed by atoms with E-state index in [2.05, 4.69) is 33.4 Å². The van der Waals surface area contributed by atoms with Crippen molar-refractivity contribution in [1.82, 2.24) is 5.32 Å². The normalized spacial score (nSPS) is 12.1. The first-order valence-corrected chi connectivity index (χ1v) is 20.6. The largest absolute Gasteiger partial charge is 0.427 e. The van der Waals surface area contributed by atoms with Crippen LogP contribution in [0.5, 0.6) is 11.5 Å². The van der Waals surface area contributed by atoms with Gasteiger partial charge < -0.3 is 19.3 Å². The predicted molar refractivity (Wildman–Crippen MR) is 212 cm³/mol. The fraction of sp³-hybridized carbons (Fsp3) is 0.651. The van der Waals surface area contributed by atoms with Crippen LogP contribution in [0.1, 0.15) is 147 Å². The lowest BCUT2D eigenvalue weighted by Crippen LogP contribution is -2.40. The maximum absolute atomic E-state index is 12.7. The van der Waals surface area contributed by atoms with E-state index in [-0.39, 0.29) is 11.9 Å². The van der Waals surface area contributed by atoms with Gasteiger partial charge in [0.05, 0.1) is 27.7 Å². The molecule has 8 heteroatoms. The molecule has 51 heavy (non-hydrogen) atoms. The molecule has 2 aromatic carbocycles. The topological polar surface area (TPSA) is 81.7 Å². The number of benzene rings is 2. The molecule has 1 amide bonds. The van der Waals surface area contributed by atoms with Crippen molar-refractivity contribution in [2.24, 2.45) is 0 Å². The van der Waals surface area contributed by atoms with Crippen molar-refractivity contribution in [3.8, 4) is 11.5 Å². The molecule has 0 spiro atoms. The molecule has 0 saturated carbocycles. The molecule has 2 rings (SSSR count). The number of hydrogen-bond acceptors (Lipinski definition) is 6. The van der Waals surface area contributed by atoms with Gasteiger partial charge in [-0.2, -0.15) is 0 Å². The number of carbonyl (C=O) groups is 3. The van der Waals surface area contributed by atoms with E-state index in [1.807, 2.05) is 44.2 Å². The molecule has 0 unspecified atom stereocenters. The van der Waals surface area contributed by atoms with Crippen LogP contribution < -0.4 is 14.8 Å². The molecule has 0 radical (unpaired) electrons. The molecule has 0 saturated heterocycles. The highest BCUT2D eigenvalue weighted by Gasteiger charge is 2.18. The number of ether oxygens (including phenoxy) is 2. The van der Waals surface area contributed by atoms with Crippen LogP contribution in [0.15, 0.2) is 46.2 Å². The van der Waals surface area contributed by atoms with Crippen LogP contribution in [-0.4, -0.2) is 56.1 Å². The quantitative estimate of drug-likeness (QED) is 0.0427. The molecule has 0 heterocycles. The van der Waals surface area contributed by atoms with Crippen LogP contribution in [0.4, 0.5) is 0 Å². The Morgan fingerprint density at radius 1 is 0.647 bits per heavy atom. The van der Waals surface area contributed by atoms with E-state index >= 15 is 0 Å². The number of amides is 1. The first-order chi connectivity index (χ1) is 24.4. The van der Waals surface area contributed by atoms with E-state index < -0.39 is 12.0 Å². The minimum Gasteiger partial charge on any atom is -0.427 e. The molecule has 1 N–H and O–H groups in total. The van der Waals surface area contributed by atoms with Crippen LogP contribution in [0.25, 0.3) is 0 Å². The summed E-state index contributed by atoms with van der Waals surface area (Å²) in [7, 11) is 6.74. The van der Waals surface area contributed by atoms with Gasteiger partial charge in [0.2, 0.25) is 5.91 Å². The van der Waals surface area contributed by atoms with Crippen LogP contribution in [0.3, 0.4) is 0 Å². The van der Waals surface area contributed by atoms with Crippen molar-refractivity contribution >= 4 is 29.6 Å². The average Bonchev–Trinajstić information content (AvgIpc) is 3.06. The highest BCUT2D eigenvalue weighted by molar-refractivity contribution is 7.99. The number of rotatable bonds is 27. The van der Waals surface area contributed by atoms with Gasteiger partial charge >= 0.3 is 11.9 Å². The van der Waals surface area contributed by atoms with Gasteiger partial charge in [-0.05, 0) is 94.0 Å². The number of esters is 2. The number of quaternary nitrogens is 1.